The molecule has 11 heteroatoms. The molecule has 2 heterocycles. The molecule has 8 nitrogen and oxygen atoms in total. The van der Waals surface area contributed by atoms with Crippen LogP contribution < -0.4 is 16.0 Å². The van der Waals surface area contributed by atoms with Crippen molar-refractivity contribution in [3.05, 3.63) is 59.8 Å². The van der Waals surface area contributed by atoms with Crippen molar-refractivity contribution in [1.29, 1.82) is 0 Å². The predicted molar refractivity (Wildman–Crippen MR) is 111 cm³/mol. The highest BCUT2D eigenvalue weighted by molar-refractivity contribution is 6.37. The van der Waals surface area contributed by atoms with Gasteiger partial charge in [-0.15, -0.1) is 10.2 Å². The summed E-state index contributed by atoms with van der Waals surface area (Å²) < 4.78 is 6.74. The van der Waals surface area contributed by atoms with Crippen molar-refractivity contribution in [2.45, 2.75) is 26.2 Å². The van der Waals surface area contributed by atoms with Crippen molar-refractivity contribution < 1.29 is 4.74 Å². The number of hydrogen-bond acceptors (Lipinski definition) is 6. The maximum absolute atomic E-state index is 12.1. The minimum absolute atomic E-state index is 0.00667. The molecule has 29 heavy (non-hydrogen) atoms. The topological polar surface area (TPSA) is 103 Å². The molecular weight excluding hydrogens is 441 g/mol. The molecule has 0 saturated carbocycles. The van der Waals surface area contributed by atoms with E-state index in [1.807, 2.05) is 13.8 Å². The zero-order valence-electron chi connectivity index (χ0n) is 15.7. The van der Waals surface area contributed by atoms with E-state index in [9.17, 15) is 9.59 Å². The van der Waals surface area contributed by atoms with Crippen LogP contribution >= 0.6 is 34.8 Å². The van der Waals surface area contributed by atoms with Crippen LogP contribution in [0.25, 0.3) is 11.3 Å². The maximum Gasteiger partial charge on any atom is 0.344 e. The lowest BCUT2D eigenvalue weighted by Crippen LogP contribution is -2.31. The molecule has 1 unspecified atom stereocenters. The normalized spacial score (nSPS) is 12.1. The summed E-state index contributed by atoms with van der Waals surface area (Å²) in [5, 5.41) is 12.4. The molecular formula is C18H16Cl3N5O3. The van der Waals surface area contributed by atoms with E-state index in [1.165, 1.54) is 19.2 Å². The predicted octanol–water partition coefficient (Wildman–Crippen LogP) is 4.19. The second kappa shape index (κ2) is 8.52. The number of aryl methyl sites for hydroxylation is 1. The van der Waals surface area contributed by atoms with Crippen LogP contribution in [0.2, 0.25) is 15.2 Å². The van der Waals surface area contributed by atoms with E-state index in [0.29, 0.717) is 10.7 Å². The van der Waals surface area contributed by atoms with Crippen LogP contribution in [0.15, 0.2) is 27.8 Å². The van der Waals surface area contributed by atoms with Gasteiger partial charge in [-0.25, -0.2) is 9.48 Å². The van der Waals surface area contributed by atoms with Crippen molar-refractivity contribution >= 4 is 34.8 Å². The number of H-pyrrole nitrogens is 1. The van der Waals surface area contributed by atoms with Gasteiger partial charge in [0.25, 0.3) is 5.56 Å². The molecule has 0 aliphatic heterocycles. The number of halogens is 3. The minimum atomic E-state index is -0.657. The fourth-order valence-electron chi connectivity index (χ4n) is 2.55. The lowest BCUT2D eigenvalue weighted by molar-refractivity contribution is 0.453. The van der Waals surface area contributed by atoms with Crippen molar-refractivity contribution in [1.82, 2.24) is 25.0 Å². The van der Waals surface area contributed by atoms with Gasteiger partial charge in [0.05, 0.1) is 10.0 Å². The number of aromatic nitrogens is 5. The third-order valence-corrected chi connectivity index (χ3v) is 5.21. The molecule has 0 aliphatic rings. The summed E-state index contributed by atoms with van der Waals surface area (Å²) in [5.41, 5.74) is -0.173. The zero-order valence-corrected chi connectivity index (χ0v) is 17.9. The van der Waals surface area contributed by atoms with Gasteiger partial charge in [0.15, 0.2) is 16.6 Å². The van der Waals surface area contributed by atoms with Gasteiger partial charge >= 0.3 is 5.69 Å². The fourth-order valence-corrected chi connectivity index (χ4v) is 3.40. The van der Waals surface area contributed by atoms with Gasteiger partial charge in [0.1, 0.15) is 0 Å². The third-order valence-electron chi connectivity index (χ3n) is 4.35. The van der Waals surface area contributed by atoms with Gasteiger partial charge < -0.3 is 4.74 Å². The van der Waals surface area contributed by atoms with Gasteiger partial charge in [-0.3, -0.25) is 9.78 Å². The number of benzene rings is 1. The first-order valence-corrected chi connectivity index (χ1v) is 9.72. The molecule has 2 aromatic heterocycles. The third kappa shape index (κ3) is 4.44. The summed E-state index contributed by atoms with van der Waals surface area (Å²) in [5.74, 6) is 0.487. The molecule has 1 N–H and O–H groups in total. The molecule has 152 valence electrons. The molecule has 0 radical (unpaired) electrons. The smallest absolute Gasteiger partial charge is 0.344 e. The van der Waals surface area contributed by atoms with Crippen molar-refractivity contribution in [3.8, 4) is 22.9 Å². The highest BCUT2D eigenvalue weighted by atomic mass is 35.5. The summed E-state index contributed by atoms with van der Waals surface area (Å²) in [6, 6.07) is 4.61. The van der Waals surface area contributed by atoms with Crippen LogP contribution in [-0.2, 0) is 7.05 Å². The van der Waals surface area contributed by atoms with Crippen LogP contribution in [0.4, 0.5) is 0 Å². The van der Waals surface area contributed by atoms with E-state index in [4.69, 9.17) is 39.5 Å². The average Bonchev–Trinajstić information content (AvgIpc) is 2.68. The number of nitrogens with one attached hydrogen (secondary N) is 1. The molecule has 0 amide bonds. The fraction of sp³-hybridized carbons (Fsp3) is 0.278. The molecule has 1 atom stereocenters. The quantitative estimate of drug-likeness (QED) is 0.617. The van der Waals surface area contributed by atoms with Crippen LogP contribution in [0.3, 0.4) is 0 Å². The number of nitrogens with zero attached hydrogens (tertiary/aromatic N) is 4. The molecule has 0 bridgehead atoms. The molecule has 0 saturated heterocycles. The SMILES string of the molecule is CCC(C)c1cc(Oc2c(Cl)cc(-c3nn(C)c(=O)[nH]c3=O)cc2Cl)nnc1Cl. The van der Waals surface area contributed by atoms with Gasteiger partial charge in [0, 0.05) is 18.7 Å². The number of rotatable bonds is 5. The number of ether oxygens (including phenoxy) is 1. The largest absolute Gasteiger partial charge is 0.434 e. The van der Waals surface area contributed by atoms with Gasteiger partial charge in [-0.1, -0.05) is 48.7 Å². The molecule has 1 aromatic carbocycles. The lowest BCUT2D eigenvalue weighted by atomic mass is 10.0. The summed E-state index contributed by atoms with van der Waals surface area (Å²) in [6.07, 6.45) is 0.863. The Morgan fingerprint density at radius 2 is 1.79 bits per heavy atom. The van der Waals surface area contributed by atoms with Gasteiger partial charge in [-0.05, 0) is 30.0 Å². The molecule has 0 aliphatic carbocycles. The highest BCUT2D eigenvalue weighted by Gasteiger charge is 2.18. The maximum atomic E-state index is 12.1. The van der Waals surface area contributed by atoms with E-state index >= 15 is 0 Å². The van der Waals surface area contributed by atoms with E-state index < -0.39 is 11.2 Å². The van der Waals surface area contributed by atoms with Gasteiger partial charge in [0.2, 0.25) is 5.88 Å². The molecule has 0 spiro atoms. The van der Waals surface area contributed by atoms with E-state index in [1.54, 1.807) is 6.07 Å². The number of aromatic amines is 1. The van der Waals surface area contributed by atoms with Gasteiger partial charge in [-0.2, -0.15) is 5.10 Å². The first kappa shape index (κ1) is 21.3. The first-order valence-electron chi connectivity index (χ1n) is 8.59. The Hall–Kier alpha value is -2.42. The summed E-state index contributed by atoms with van der Waals surface area (Å²) in [7, 11) is 1.41. The highest BCUT2D eigenvalue weighted by Crippen LogP contribution is 2.39. The lowest BCUT2D eigenvalue weighted by Gasteiger charge is -2.13. The molecule has 3 aromatic rings. The van der Waals surface area contributed by atoms with Crippen molar-refractivity contribution in [2.75, 3.05) is 0 Å². The summed E-state index contributed by atoms with van der Waals surface area (Å²) in [4.78, 5) is 25.7. The Balaban J connectivity index is 2.01. The standard InChI is InChI=1S/C18H16Cl3N5O3/c1-4-8(2)10-7-13(23-24-16(10)21)29-15-11(19)5-9(6-12(15)20)14-17(27)22-18(28)26(3)25-14/h5-8H,4H2,1-3H3,(H,22,27,28). The Morgan fingerprint density at radius 1 is 1.14 bits per heavy atom. The second-order valence-corrected chi connectivity index (χ2v) is 7.51. The van der Waals surface area contributed by atoms with Crippen LogP contribution in [0.5, 0.6) is 11.6 Å². The summed E-state index contributed by atoms with van der Waals surface area (Å²) in [6.45, 7) is 4.04. The first-order chi connectivity index (χ1) is 13.7. The van der Waals surface area contributed by atoms with Crippen LogP contribution in [0.1, 0.15) is 31.7 Å². The second-order valence-electron chi connectivity index (χ2n) is 6.34. The Morgan fingerprint density at radius 3 is 2.41 bits per heavy atom. The zero-order chi connectivity index (χ0) is 21.3. The Kier molecular flexibility index (Phi) is 6.26. The van der Waals surface area contributed by atoms with Crippen LogP contribution in [-0.4, -0.2) is 25.0 Å². The van der Waals surface area contributed by atoms with Crippen LogP contribution in [0, 0.1) is 0 Å². The minimum Gasteiger partial charge on any atom is -0.434 e. The summed E-state index contributed by atoms with van der Waals surface area (Å²) >= 11 is 18.8. The van der Waals surface area contributed by atoms with E-state index in [0.717, 1.165) is 16.7 Å². The van der Waals surface area contributed by atoms with Crippen molar-refractivity contribution in [2.24, 2.45) is 7.05 Å². The monoisotopic (exact) mass is 455 g/mol. The number of hydrogen-bond donors (Lipinski definition) is 1. The average molecular weight is 457 g/mol. The van der Waals surface area contributed by atoms with Crippen molar-refractivity contribution in [3.63, 3.8) is 0 Å². The molecule has 0 fully saturated rings. The van der Waals surface area contributed by atoms with E-state index in [2.05, 4.69) is 20.3 Å². The molecule has 3 rings (SSSR count). The Labute approximate surface area is 180 Å². The Bertz CT molecular complexity index is 1170. The van der Waals surface area contributed by atoms with E-state index in [-0.39, 0.29) is 33.3 Å².